The lowest BCUT2D eigenvalue weighted by Crippen LogP contribution is -2.34. The third-order valence-corrected chi connectivity index (χ3v) is 14.8. The van der Waals surface area contributed by atoms with Gasteiger partial charge in [-0.2, -0.15) is 0 Å². The Kier molecular flexibility index (Phi) is 8.33. The fourth-order valence-corrected chi connectivity index (χ4v) is 11.7. The summed E-state index contributed by atoms with van der Waals surface area (Å²) in [4.78, 5) is 2.61. The van der Waals surface area contributed by atoms with Crippen molar-refractivity contribution >= 4 is 17.1 Å². The van der Waals surface area contributed by atoms with Gasteiger partial charge in [-0.3, -0.25) is 0 Å². The van der Waals surface area contributed by atoms with E-state index < -0.39 is 5.41 Å². The van der Waals surface area contributed by atoms with Gasteiger partial charge in [0, 0.05) is 22.2 Å². The Morgan fingerprint density at radius 3 is 1.57 bits per heavy atom. The molecule has 0 saturated carbocycles. The van der Waals surface area contributed by atoms with Crippen molar-refractivity contribution in [1.29, 1.82) is 0 Å². The molecule has 3 aliphatic carbocycles. The van der Waals surface area contributed by atoms with E-state index in [1.54, 1.807) is 0 Å². The summed E-state index contributed by atoms with van der Waals surface area (Å²) >= 11 is 0. The lowest BCUT2D eigenvalue weighted by Gasteiger charge is -2.43. The first-order chi connectivity index (χ1) is 29.5. The summed E-state index contributed by atoms with van der Waals surface area (Å²) in [6.07, 6.45) is 2.32. The van der Waals surface area contributed by atoms with E-state index in [0.717, 1.165) is 12.1 Å². The van der Waals surface area contributed by atoms with Crippen molar-refractivity contribution in [3.63, 3.8) is 0 Å². The van der Waals surface area contributed by atoms with E-state index in [0.29, 0.717) is 0 Å². The third-order valence-electron chi connectivity index (χ3n) is 14.8. The SMILES string of the molecule is CC1(C)CCC(C)(C)c2c(-c3cc4c(cc3N(c3ccccc3)c3cccc5c3-c3ccccc3C5(c3ccccc3)c3ccccc3)C(C)(C)c3ccccc3-4)cccc21. The molecule has 0 bridgehead atoms. The zero-order valence-electron chi connectivity index (χ0n) is 36.3. The molecule has 1 heteroatoms. The van der Waals surface area contributed by atoms with E-state index in [9.17, 15) is 0 Å². The van der Waals surface area contributed by atoms with Crippen LogP contribution in [-0.2, 0) is 21.7 Å². The summed E-state index contributed by atoms with van der Waals surface area (Å²) < 4.78 is 0. The molecule has 8 aromatic carbocycles. The molecule has 0 amide bonds. The smallest absolute Gasteiger partial charge is 0.0714 e. The first kappa shape index (κ1) is 37.6. The molecule has 0 fully saturated rings. The van der Waals surface area contributed by atoms with Gasteiger partial charge >= 0.3 is 0 Å². The summed E-state index contributed by atoms with van der Waals surface area (Å²) in [7, 11) is 0. The van der Waals surface area contributed by atoms with Crippen molar-refractivity contribution in [1.82, 2.24) is 0 Å². The van der Waals surface area contributed by atoms with Crippen molar-refractivity contribution in [2.24, 2.45) is 0 Å². The van der Waals surface area contributed by atoms with Gasteiger partial charge in [0.05, 0.1) is 16.8 Å². The van der Waals surface area contributed by atoms with E-state index in [1.165, 1.54) is 95.7 Å². The molecule has 3 aliphatic rings. The van der Waals surface area contributed by atoms with E-state index in [1.807, 2.05) is 0 Å². The first-order valence-corrected chi connectivity index (χ1v) is 22.2. The molecule has 0 aliphatic heterocycles. The number of nitrogens with zero attached hydrogens (tertiary/aromatic N) is 1. The van der Waals surface area contributed by atoms with Crippen LogP contribution in [0.25, 0.3) is 33.4 Å². The van der Waals surface area contributed by atoms with Crippen molar-refractivity contribution < 1.29 is 0 Å². The summed E-state index contributed by atoms with van der Waals surface area (Å²) in [6.45, 7) is 14.7. The summed E-state index contributed by atoms with van der Waals surface area (Å²) in [5.41, 5.74) is 21.7. The fourth-order valence-electron chi connectivity index (χ4n) is 11.7. The van der Waals surface area contributed by atoms with Crippen molar-refractivity contribution in [3.05, 3.63) is 233 Å². The van der Waals surface area contributed by atoms with Crippen molar-refractivity contribution in [2.45, 2.75) is 76.0 Å². The van der Waals surface area contributed by atoms with Gasteiger partial charge in [-0.25, -0.2) is 0 Å². The highest BCUT2D eigenvalue weighted by atomic mass is 15.1. The molecular formula is C60H53N. The Morgan fingerprint density at radius 1 is 0.361 bits per heavy atom. The Balaban J connectivity index is 1.28. The molecule has 0 heterocycles. The van der Waals surface area contributed by atoms with Gasteiger partial charge in [0.25, 0.3) is 0 Å². The number of benzene rings is 8. The molecule has 0 radical (unpaired) electrons. The molecule has 0 unspecified atom stereocenters. The molecule has 0 atom stereocenters. The molecule has 0 aromatic heterocycles. The molecule has 11 rings (SSSR count). The highest BCUT2D eigenvalue weighted by Gasteiger charge is 2.48. The summed E-state index contributed by atoms with van der Waals surface area (Å²) in [5.74, 6) is 0. The normalized spacial score (nSPS) is 16.8. The van der Waals surface area contributed by atoms with Crippen LogP contribution in [0.5, 0.6) is 0 Å². The molecule has 0 spiro atoms. The minimum absolute atomic E-state index is 0.00435. The zero-order chi connectivity index (χ0) is 41.7. The van der Waals surface area contributed by atoms with Gasteiger partial charge in [-0.15, -0.1) is 0 Å². The zero-order valence-corrected chi connectivity index (χ0v) is 36.3. The highest BCUT2D eigenvalue weighted by Crippen LogP contribution is 2.61. The standard InChI is InChI=1S/C60H53N/c1-57(2)36-37-58(3,4)56-44(30-20-34-51(56)57)47-38-46-43-28-16-18-31-48(43)59(5,6)52(46)39-54(47)61(42-26-14-9-15-27-42)53-35-21-33-50-55(53)45-29-17-19-32-49(45)60(50,40-22-10-7-11-23-40)41-24-12-8-13-25-41/h7-35,38-39H,36-37H2,1-6H3. The van der Waals surface area contributed by atoms with Crippen molar-refractivity contribution in [2.75, 3.05) is 4.90 Å². The molecule has 0 N–H and O–H groups in total. The van der Waals surface area contributed by atoms with Gasteiger partial charge in [-0.1, -0.05) is 199 Å². The maximum absolute atomic E-state index is 2.61. The first-order valence-electron chi connectivity index (χ1n) is 22.2. The van der Waals surface area contributed by atoms with E-state index >= 15 is 0 Å². The number of hydrogen-bond donors (Lipinski definition) is 0. The quantitative estimate of drug-likeness (QED) is 0.162. The molecule has 1 nitrogen and oxygen atoms in total. The molecular weight excluding hydrogens is 735 g/mol. The van der Waals surface area contributed by atoms with Crippen LogP contribution in [0.1, 0.15) is 98.9 Å². The summed E-state index contributed by atoms with van der Waals surface area (Å²) in [6, 6.07) is 71.1. The Morgan fingerprint density at radius 2 is 0.885 bits per heavy atom. The van der Waals surface area contributed by atoms with Crippen LogP contribution >= 0.6 is 0 Å². The van der Waals surface area contributed by atoms with Crippen LogP contribution in [0.4, 0.5) is 17.1 Å². The number of rotatable bonds is 6. The second kappa shape index (κ2) is 13.5. The Bertz CT molecular complexity index is 2950. The van der Waals surface area contributed by atoms with E-state index in [2.05, 4.69) is 234 Å². The van der Waals surface area contributed by atoms with Crippen LogP contribution in [0.2, 0.25) is 0 Å². The Hall–Kier alpha value is -6.44. The van der Waals surface area contributed by atoms with Crippen LogP contribution < -0.4 is 4.90 Å². The van der Waals surface area contributed by atoms with Crippen LogP contribution in [-0.4, -0.2) is 0 Å². The third kappa shape index (κ3) is 5.39. The van der Waals surface area contributed by atoms with Crippen molar-refractivity contribution in [3.8, 4) is 33.4 Å². The lowest BCUT2D eigenvalue weighted by atomic mass is 9.61. The summed E-state index contributed by atoms with van der Waals surface area (Å²) in [5, 5.41) is 0. The lowest BCUT2D eigenvalue weighted by molar-refractivity contribution is 0.333. The maximum atomic E-state index is 2.61. The molecule has 61 heavy (non-hydrogen) atoms. The predicted octanol–water partition coefficient (Wildman–Crippen LogP) is 15.8. The maximum Gasteiger partial charge on any atom is 0.0714 e. The average molecular weight is 788 g/mol. The average Bonchev–Trinajstić information content (AvgIpc) is 3.72. The monoisotopic (exact) mass is 787 g/mol. The number of fused-ring (bicyclic) bond motifs is 7. The second-order valence-electron chi connectivity index (χ2n) is 19.5. The van der Waals surface area contributed by atoms with Gasteiger partial charge in [0.15, 0.2) is 0 Å². The Labute approximate surface area is 362 Å². The molecule has 8 aromatic rings. The minimum Gasteiger partial charge on any atom is -0.309 e. The van der Waals surface area contributed by atoms with E-state index in [-0.39, 0.29) is 16.2 Å². The fraction of sp³-hybridized carbons (Fsp3) is 0.200. The second-order valence-corrected chi connectivity index (χ2v) is 19.5. The largest absolute Gasteiger partial charge is 0.309 e. The van der Waals surface area contributed by atoms with Crippen LogP contribution in [0, 0.1) is 0 Å². The molecule has 298 valence electrons. The predicted molar refractivity (Wildman–Crippen MR) is 257 cm³/mol. The topological polar surface area (TPSA) is 3.24 Å². The van der Waals surface area contributed by atoms with Gasteiger partial charge in [-0.05, 0) is 121 Å². The number of anilines is 3. The van der Waals surface area contributed by atoms with Gasteiger partial charge < -0.3 is 4.90 Å². The number of hydrogen-bond acceptors (Lipinski definition) is 1. The van der Waals surface area contributed by atoms with Crippen LogP contribution in [0.15, 0.2) is 188 Å². The minimum atomic E-state index is -0.509. The van der Waals surface area contributed by atoms with Gasteiger partial charge in [0.2, 0.25) is 0 Å². The number of para-hydroxylation sites is 1. The highest BCUT2D eigenvalue weighted by molar-refractivity contribution is 6.01. The van der Waals surface area contributed by atoms with Gasteiger partial charge in [0.1, 0.15) is 0 Å². The van der Waals surface area contributed by atoms with Crippen LogP contribution in [0.3, 0.4) is 0 Å². The molecule has 0 saturated heterocycles. The van der Waals surface area contributed by atoms with E-state index in [4.69, 9.17) is 0 Å².